The highest BCUT2D eigenvalue weighted by Crippen LogP contribution is 2.32. The number of hydrogen-bond donors (Lipinski definition) is 1. The van der Waals surface area contributed by atoms with Crippen molar-refractivity contribution in [3.8, 4) is 0 Å². The molecule has 0 amide bonds. The molecule has 0 spiro atoms. The van der Waals surface area contributed by atoms with E-state index in [1.165, 1.54) is 6.07 Å². The fourth-order valence-corrected chi connectivity index (χ4v) is 4.37. The van der Waals surface area contributed by atoms with E-state index in [4.69, 9.17) is 5.73 Å². The molecule has 2 rings (SSSR count). The van der Waals surface area contributed by atoms with E-state index in [0.717, 1.165) is 11.1 Å². The van der Waals surface area contributed by atoms with Gasteiger partial charge < -0.3 is 20.5 Å². The molecule has 1 unspecified atom stereocenters. The molecule has 0 aromatic heterocycles. The number of carboxylic acids is 1. The first-order valence-corrected chi connectivity index (χ1v) is 8.69. The number of sulfone groups is 1. The van der Waals surface area contributed by atoms with E-state index in [1.54, 1.807) is 24.3 Å². The molecule has 0 radical (unpaired) electrons. The molecule has 2 aromatic rings. The standard InChI is InChI=1S/C16H20N2O4S/c1-18(2)13-7-3-6-12-11(13)5-4-8-14(12)23(21,22)15(9-10-17)16(19)20/h3-8,15H,9-10,17H2,1-2H3,(H,19,20)/p-1. The van der Waals surface area contributed by atoms with Gasteiger partial charge in [0.15, 0.2) is 9.84 Å². The first kappa shape index (κ1) is 17.2. The largest absolute Gasteiger partial charge is 0.549 e. The van der Waals surface area contributed by atoms with Crippen LogP contribution in [-0.2, 0) is 14.6 Å². The lowest BCUT2D eigenvalue weighted by Gasteiger charge is -2.21. The van der Waals surface area contributed by atoms with Gasteiger partial charge in [-0.05, 0) is 25.1 Å². The van der Waals surface area contributed by atoms with Crippen molar-refractivity contribution < 1.29 is 18.3 Å². The lowest BCUT2D eigenvalue weighted by atomic mass is 10.1. The third-order valence-corrected chi connectivity index (χ3v) is 5.86. The van der Waals surface area contributed by atoms with Gasteiger partial charge in [0.25, 0.3) is 0 Å². The van der Waals surface area contributed by atoms with Crippen LogP contribution in [0.4, 0.5) is 5.69 Å². The van der Waals surface area contributed by atoms with Crippen LogP contribution in [0.5, 0.6) is 0 Å². The highest BCUT2D eigenvalue weighted by atomic mass is 32.2. The Morgan fingerprint density at radius 3 is 2.35 bits per heavy atom. The predicted octanol–water partition coefficient (Wildman–Crippen LogP) is 0.147. The third kappa shape index (κ3) is 3.16. The summed E-state index contributed by atoms with van der Waals surface area (Å²) in [7, 11) is -0.381. The van der Waals surface area contributed by atoms with E-state index in [2.05, 4.69) is 0 Å². The van der Waals surface area contributed by atoms with Crippen molar-refractivity contribution in [2.45, 2.75) is 16.6 Å². The number of nitrogens with two attached hydrogens (primary N) is 1. The lowest BCUT2D eigenvalue weighted by molar-refractivity contribution is -0.305. The van der Waals surface area contributed by atoms with Gasteiger partial charge in [-0.2, -0.15) is 0 Å². The SMILES string of the molecule is CN(C)c1cccc2c(S(=O)(=O)C(CCN)C(=O)[O-])cccc12. The molecule has 7 heteroatoms. The van der Waals surface area contributed by atoms with Gasteiger partial charge in [-0.15, -0.1) is 0 Å². The van der Waals surface area contributed by atoms with E-state index in [0.29, 0.717) is 5.39 Å². The summed E-state index contributed by atoms with van der Waals surface area (Å²) in [6.07, 6.45) is -0.186. The molecule has 0 saturated carbocycles. The first-order valence-electron chi connectivity index (χ1n) is 7.14. The van der Waals surface area contributed by atoms with Gasteiger partial charge in [-0.1, -0.05) is 24.3 Å². The summed E-state index contributed by atoms with van der Waals surface area (Å²) in [4.78, 5) is 13.1. The summed E-state index contributed by atoms with van der Waals surface area (Å²) in [5, 5.41) is 10.8. The molecule has 6 nitrogen and oxygen atoms in total. The van der Waals surface area contributed by atoms with Gasteiger partial charge in [0.2, 0.25) is 0 Å². The Labute approximate surface area is 135 Å². The fourth-order valence-electron chi connectivity index (χ4n) is 2.61. The number of rotatable bonds is 6. The third-order valence-electron chi connectivity index (χ3n) is 3.71. The maximum Gasteiger partial charge on any atom is 0.187 e. The van der Waals surface area contributed by atoms with E-state index in [-0.39, 0.29) is 17.9 Å². The molecular weight excluding hydrogens is 316 g/mol. The summed E-state index contributed by atoms with van der Waals surface area (Å²) in [5.41, 5.74) is 6.21. The van der Waals surface area contributed by atoms with Crippen molar-refractivity contribution in [2.24, 2.45) is 5.73 Å². The summed E-state index contributed by atoms with van der Waals surface area (Å²) >= 11 is 0. The van der Waals surface area contributed by atoms with Gasteiger partial charge in [0.05, 0.1) is 10.9 Å². The Morgan fingerprint density at radius 1 is 1.17 bits per heavy atom. The number of carboxylic acid groups (broad SMARTS) is 1. The predicted molar refractivity (Wildman–Crippen MR) is 87.9 cm³/mol. The Hall–Kier alpha value is -2.12. The van der Waals surface area contributed by atoms with Crippen LogP contribution in [-0.4, -0.2) is 40.3 Å². The zero-order chi connectivity index (χ0) is 17.2. The molecule has 2 aromatic carbocycles. The average Bonchev–Trinajstić information content (AvgIpc) is 2.50. The Kier molecular flexibility index (Phi) is 4.91. The minimum absolute atomic E-state index is 0.0126. The Balaban J connectivity index is 2.73. The van der Waals surface area contributed by atoms with Crippen molar-refractivity contribution in [3.63, 3.8) is 0 Å². The smallest absolute Gasteiger partial charge is 0.187 e. The molecule has 0 aliphatic rings. The van der Waals surface area contributed by atoms with E-state index in [1.807, 2.05) is 25.1 Å². The molecule has 124 valence electrons. The number of carbonyl (C=O) groups excluding carboxylic acids is 1. The van der Waals surface area contributed by atoms with Crippen molar-refractivity contribution in [2.75, 3.05) is 25.5 Å². The van der Waals surface area contributed by atoms with Gasteiger partial charge in [-0.3, -0.25) is 0 Å². The summed E-state index contributed by atoms with van der Waals surface area (Å²) < 4.78 is 25.5. The van der Waals surface area contributed by atoms with Crippen LogP contribution in [0.1, 0.15) is 6.42 Å². The van der Waals surface area contributed by atoms with Crippen LogP contribution in [0.25, 0.3) is 10.8 Å². The number of aliphatic carboxylic acids is 1. The zero-order valence-electron chi connectivity index (χ0n) is 13.0. The van der Waals surface area contributed by atoms with Crippen LogP contribution < -0.4 is 15.7 Å². The van der Waals surface area contributed by atoms with Crippen molar-refractivity contribution in [1.82, 2.24) is 0 Å². The molecule has 1 atom stereocenters. The molecule has 0 aliphatic carbocycles. The Morgan fingerprint density at radius 2 is 1.78 bits per heavy atom. The highest BCUT2D eigenvalue weighted by Gasteiger charge is 2.29. The number of fused-ring (bicyclic) bond motifs is 1. The van der Waals surface area contributed by atoms with Crippen LogP contribution >= 0.6 is 0 Å². The normalized spacial score (nSPS) is 13.0. The summed E-state index contributed by atoms with van der Waals surface area (Å²) in [5.74, 6) is -1.63. The van der Waals surface area contributed by atoms with Gasteiger partial charge in [0, 0.05) is 30.6 Å². The minimum Gasteiger partial charge on any atom is -0.549 e. The second-order valence-electron chi connectivity index (χ2n) is 5.45. The number of anilines is 1. The molecule has 23 heavy (non-hydrogen) atoms. The van der Waals surface area contributed by atoms with Crippen LogP contribution in [0.3, 0.4) is 0 Å². The molecule has 0 aliphatic heterocycles. The molecule has 0 fully saturated rings. The van der Waals surface area contributed by atoms with E-state index in [9.17, 15) is 18.3 Å². The number of carbonyl (C=O) groups is 1. The van der Waals surface area contributed by atoms with Crippen LogP contribution in [0, 0.1) is 0 Å². The second kappa shape index (κ2) is 6.55. The summed E-state index contributed by atoms with van der Waals surface area (Å²) in [6, 6.07) is 10.1. The van der Waals surface area contributed by atoms with E-state index >= 15 is 0 Å². The average molecular weight is 335 g/mol. The minimum atomic E-state index is -4.09. The maximum atomic E-state index is 12.8. The molecule has 0 saturated heterocycles. The number of nitrogens with zero attached hydrogens (tertiary/aromatic N) is 1. The van der Waals surface area contributed by atoms with Crippen LogP contribution in [0.15, 0.2) is 41.3 Å². The Bertz CT molecular complexity index is 831. The van der Waals surface area contributed by atoms with E-state index < -0.39 is 21.1 Å². The number of hydrogen-bond acceptors (Lipinski definition) is 6. The fraction of sp³-hybridized carbons (Fsp3) is 0.312. The lowest BCUT2D eigenvalue weighted by Crippen LogP contribution is -2.42. The van der Waals surface area contributed by atoms with Gasteiger partial charge >= 0.3 is 0 Å². The van der Waals surface area contributed by atoms with Crippen molar-refractivity contribution >= 4 is 32.3 Å². The second-order valence-corrected chi connectivity index (χ2v) is 7.55. The highest BCUT2D eigenvalue weighted by molar-refractivity contribution is 7.93. The maximum absolute atomic E-state index is 12.8. The number of benzene rings is 2. The first-order chi connectivity index (χ1) is 10.8. The quantitative estimate of drug-likeness (QED) is 0.806. The topological polar surface area (TPSA) is 104 Å². The molecule has 0 bridgehead atoms. The molecule has 2 N–H and O–H groups in total. The van der Waals surface area contributed by atoms with Gasteiger partial charge in [0.1, 0.15) is 5.25 Å². The van der Waals surface area contributed by atoms with Crippen molar-refractivity contribution in [1.29, 1.82) is 0 Å². The van der Waals surface area contributed by atoms with Gasteiger partial charge in [-0.25, -0.2) is 8.42 Å². The zero-order valence-corrected chi connectivity index (χ0v) is 13.8. The monoisotopic (exact) mass is 335 g/mol. The van der Waals surface area contributed by atoms with Crippen molar-refractivity contribution in [3.05, 3.63) is 36.4 Å². The molecular formula is C16H19N2O4S-. The van der Waals surface area contributed by atoms with Crippen LogP contribution in [0.2, 0.25) is 0 Å². The molecule has 0 heterocycles. The summed E-state index contributed by atoms with van der Waals surface area (Å²) in [6.45, 7) is -0.0500.